The fourth-order valence-electron chi connectivity index (χ4n) is 2.41. The molecule has 1 fully saturated rings. The molecule has 1 aliphatic heterocycles. The van der Waals surface area contributed by atoms with E-state index in [0.717, 1.165) is 32.7 Å². The molecular weight excluding hydrogens is 347 g/mol. The third kappa shape index (κ3) is 6.94. The lowest BCUT2D eigenvalue weighted by Gasteiger charge is -2.33. The predicted molar refractivity (Wildman–Crippen MR) is 87.6 cm³/mol. The predicted octanol–water partition coefficient (Wildman–Crippen LogP) is 2.58. The van der Waals surface area contributed by atoms with Crippen molar-refractivity contribution in [2.45, 2.75) is 13.3 Å². The Labute approximate surface area is 145 Å². The van der Waals surface area contributed by atoms with E-state index in [1.807, 2.05) is 0 Å². The van der Waals surface area contributed by atoms with E-state index in [0.29, 0.717) is 5.69 Å². The van der Waals surface area contributed by atoms with Gasteiger partial charge in [-0.25, -0.2) is 0 Å². The third-order valence-electron chi connectivity index (χ3n) is 3.65. The second-order valence-corrected chi connectivity index (χ2v) is 5.33. The zero-order valence-electron chi connectivity index (χ0n) is 13.3. The minimum atomic E-state index is -4.72. The highest BCUT2D eigenvalue weighted by molar-refractivity contribution is 5.92. The largest absolute Gasteiger partial charge is 0.573 e. The molecule has 1 amide bonds. The molecule has 1 aromatic rings. The molecule has 136 valence electrons. The van der Waals surface area contributed by atoms with E-state index in [1.165, 1.54) is 24.3 Å². The molecule has 1 N–H and O–H groups in total. The fourth-order valence-corrected chi connectivity index (χ4v) is 2.41. The van der Waals surface area contributed by atoms with Crippen molar-refractivity contribution in [2.75, 3.05) is 44.6 Å². The van der Waals surface area contributed by atoms with Crippen LogP contribution in [0.3, 0.4) is 0 Å². The van der Waals surface area contributed by atoms with Crippen molar-refractivity contribution >= 4 is 24.0 Å². The van der Waals surface area contributed by atoms with Crippen LogP contribution in [0.4, 0.5) is 18.9 Å². The molecule has 0 radical (unpaired) electrons. The number of hydrogen-bond acceptors (Lipinski definition) is 4. The van der Waals surface area contributed by atoms with Gasteiger partial charge in [-0.3, -0.25) is 9.69 Å². The van der Waals surface area contributed by atoms with Crippen molar-refractivity contribution < 1.29 is 22.7 Å². The standard InChI is InChI=1S/C15H20F3N3O2.ClH/c1-2-20-7-9-21(10-8-20)11-14(22)19-12-3-5-13(6-4-12)23-15(16,17)18;/h3-6H,2,7-11H2,1H3,(H,19,22);1H. The number of carbonyl (C=O) groups excluding carboxylic acids is 1. The monoisotopic (exact) mass is 367 g/mol. The number of piperazine rings is 1. The molecule has 0 bridgehead atoms. The summed E-state index contributed by atoms with van der Waals surface area (Å²) in [5.74, 6) is -0.495. The summed E-state index contributed by atoms with van der Waals surface area (Å²) in [7, 11) is 0. The van der Waals surface area contributed by atoms with Crippen molar-refractivity contribution in [3.8, 4) is 5.75 Å². The Balaban J connectivity index is 0.00000288. The Bertz CT molecular complexity index is 518. The van der Waals surface area contributed by atoms with Gasteiger partial charge in [-0.15, -0.1) is 25.6 Å². The number of ether oxygens (including phenoxy) is 1. The summed E-state index contributed by atoms with van der Waals surface area (Å²) in [4.78, 5) is 16.3. The molecule has 2 rings (SSSR count). The van der Waals surface area contributed by atoms with Crippen molar-refractivity contribution in [3.63, 3.8) is 0 Å². The Morgan fingerprint density at radius 2 is 1.67 bits per heavy atom. The van der Waals surface area contributed by atoms with Crippen LogP contribution >= 0.6 is 12.4 Å². The zero-order chi connectivity index (χ0) is 16.9. The number of nitrogens with zero attached hydrogens (tertiary/aromatic N) is 2. The average Bonchev–Trinajstić information content (AvgIpc) is 2.48. The van der Waals surface area contributed by atoms with E-state index in [1.54, 1.807) is 0 Å². The molecule has 1 saturated heterocycles. The summed E-state index contributed by atoms with van der Waals surface area (Å²) in [5.41, 5.74) is 0.441. The molecule has 1 aromatic carbocycles. The SMILES string of the molecule is CCN1CCN(CC(=O)Nc2ccc(OC(F)(F)F)cc2)CC1.Cl. The third-order valence-corrected chi connectivity index (χ3v) is 3.65. The molecule has 0 aromatic heterocycles. The first-order valence-electron chi connectivity index (χ1n) is 7.46. The van der Waals surface area contributed by atoms with Gasteiger partial charge in [-0.2, -0.15) is 0 Å². The van der Waals surface area contributed by atoms with Gasteiger partial charge in [0.1, 0.15) is 5.75 Å². The van der Waals surface area contributed by atoms with Crippen LogP contribution in [-0.4, -0.2) is 61.3 Å². The van der Waals surface area contributed by atoms with E-state index in [2.05, 4.69) is 26.8 Å². The Hall–Kier alpha value is -1.51. The van der Waals surface area contributed by atoms with Gasteiger partial charge in [-0.05, 0) is 30.8 Å². The van der Waals surface area contributed by atoms with Crippen LogP contribution in [0.1, 0.15) is 6.92 Å². The number of amides is 1. The van der Waals surface area contributed by atoms with Crippen molar-refractivity contribution in [1.29, 1.82) is 0 Å². The Morgan fingerprint density at radius 1 is 1.12 bits per heavy atom. The first-order chi connectivity index (χ1) is 10.9. The topological polar surface area (TPSA) is 44.8 Å². The number of likely N-dealkylation sites (N-methyl/N-ethyl adjacent to an activating group) is 1. The molecule has 0 unspecified atom stereocenters. The van der Waals surface area contributed by atoms with E-state index in [9.17, 15) is 18.0 Å². The summed E-state index contributed by atoms with van der Waals surface area (Å²) >= 11 is 0. The minimum absolute atomic E-state index is 0. The molecule has 0 aliphatic carbocycles. The maximum atomic E-state index is 12.1. The maximum absolute atomic E-state index is 12.1. The molecule has 0 spiro atoms. The number of benzene rings is 1. The number of hydrogen-bond donors (Lipinski definition) is 1. The van der Waals surface area contributed by atoms with Crippen molar-refractivity contribution in [1.82, 2.24) is 9.80 Å². The van der Waals surface area contributed by atoms with E-state index in [-0.39, 0.29) is 30.6 Å². The van der Waals surface area contributed by atoms with Gasteiger partial charge in [0.05, 0.1) is 6.54 Å². The van der Waals surface area contributed by atoms with Gasteiger partial charge >= 0.3 is 6.36 Å². The highest BCUT2D eigenvalue weighted by Crippen LogP contribution is 2.23. The van der Waals surface area contributed by atoms with E-state index < -0.39 is 6.36 Å². The van der Waals surface area contributed by atoms with Gasteiger partial charge in [0.2, 0.25) is 5.91 Å². The van der Waals surface area contributed by atoms with E-state index in [4.69, 9.17) is 0 Å². The second-order valence-electron chi connectivity index (χ2n) is 5.33. The normalized spacial score (nSPS) is 16.3. The quantitative estimate of drug-likeness (QED) is 0.869. The number of alkyl halides is 3. The van der Waals surface area contributed by atoms with Gasteiger partial charge in [0.15, 0.2) is 0 Å². The van der Waals surface area contributed by atoms with Crippen LogP contribution < -0.4 is 10.1 Å². The van der Waals surface area contributed by atoms with Crippen LogP contribution in [0.5, 0.6) is 5.75 Å². The van der Waals surface area contributed by atoms with Crippen LogP contribution in [-0.2, 0) is 4.79 Å². The fraction of sp³-hybridized carbons (Fsp3) is 0.533. The molecular formula is C15H21ClF3N3O2. The van der Waals surface area contributed by atoms with Gasteiger partial charge in [0.25, 0.3) is 0 Å². The number of anilines is 1. The number of nitrogens with one attached hydrogen (secondary N) is 1. The smallest absolute Gasteiger partial charge is 0.406 e. The summed E-state index contributed by atoms with van der Waals surface area (Å²) in [6, 6.07) is 5.11. The number of carbonyl (C=O) groups is 1. The summed E-state index contributed by atoms with van der Waals surface area (Å²) in [6.07, 6.45) is -4.72. The second kappa shape index (κ2) is 9.10. The molecule has 5 nitrogen and oxygen atoms in total. The van der Waals surface area contributed by atoms with E-state index >= 15 is 0 Å². The first kappa shape index (κ1) is 20.5. The maximum Gasteiger partial charge on any atom is 0.573 e. The minimum Gasteiger partial charge on any atom is -0.406 e. The summed E-state index contributed by atoms with van der Waals surface area (Å²) in [6.45, 7) is 6.93. The van der Waals surface area contributed by atoms with Gasteiger partial charge < -0.3 is 15.0 Å². The lowest BCUT2D eigenvalue weighted by molar-refractivity contribution is -0.274. The number of halogens is 4. The lowest BCUT2D eigenvalue weighted by Crippen LogP contribution is -2.48. The Morgan fingerprint density at radius 3 is 2.17 bits per heavy atom. The molecule has 9 heteroatoms. The van der Waals surface area contributed by atoms with Gasteiger partial charge in [0, 0.05) is 31.9 Å². The zero-order valence-corrected chi connectivity index (χ0v) is 14.1. The van der Waals surface area contributed by atoms with Crippen LogP contribution in [0.2, 0.25) is 0 Å². The first-order valence-corrected chi connectivity index (χ1v) is 7.46. The Kier molecular flexibility index (Phi) is 7.78. The molecule has 24 heavy (non-hydrogen) atoms. The molecule has 0 atom stereocenters. The molecule has 1 aliphatic rings. The van der Waals surface area contributed by atoms with Crippen molar-refractivity contribution in [3.05, 3.63) is 24.3 Å². The molecule has 1 heterocycles. The van der Waals surface area contributed by atoms with Crippen molar-refractivity contribution in [2.24, 2.45) is 0 Å². The molecule has 0 saturated carbocycles. The van der Waals surface area contributed by atoms with Crippen LogP contribution in [0, 0.1) is 0 Å². The lowest BCUT2D eigenvalue weighted by atomic mass is 10.3. The summed E-state index contributed by atoms with van der Waals surface area (Å²) in [5, 5.41) is 2.67. The highest BCUT2D eigenvalue weighted by atomic mass is 35.5. The van der Waals surface area contributed by atoms with Crippen LogP contribution in [0.25, 0.3) is 0 Å². The highest BCUT2D eigenvalue weighted by Gasteiger charge is 2.31. The summed E-state index contributed by atoms with van der Waals surface area (Å²) < 4.78 is 40.0. The number of rotatable bonds is 5. The van der Waals surface area contributed by atoms with Crippen LogP contribution in [0.15, 0.2) is 24.3 Å². The average molecular weight is 368 g/mol. The van der Waals surface area contributed by atoms with Gasteiger partial charge in [-0.1, -0.05) is 6.92 Å².